The highest BCUT2D eigenvalue weighted by Gasteiger charge is 2.27. The highest BCUT2D eigenvalue weighted by Crippen LogP contribution is 2.26. The van der Waals surface area contributed by atoms with E-state index in [0.717, 1.165) is 29.5 Å². The summed E-state index contributed by atoms with van der Waals surface area (Å²) in [5.41, 5.74) is 2.81. The molecule has 92 valence electrons. The normalized spacial score (nSPS) is 23.0. The molecule has 0 heterocycles. The molecule has 0 unspecified atom stereocenters. The lowest BCUT2D eigenvalue weighted by Gasteiger charge is -2.31. The second kappa shape index (κ2) is 4.88. The van der Waals surface area contributed by atoms with Crippen molar-refractivity contribution in [1.29, 1.82) is 0 Å². The SMILES string of the molecule is Cc1cccc(C)c1C(=O)NCC1CC(O)C1. The molecule has 0 atom stereocenters. The fourth-order valence-electron chi connectivity index (χ4n) is 2.37. The number of aliphatic hydroxyl groups is 1. The first-order chi connectivity index (χ1) is 8.08. The van der Waals surface area contributed by atoms with Crippen LogP contribution in [0.4, 0.5) is 0 Å². The quantitative estimate of drug-likeness (QED) is 0.836. The van der Waals surface area contributed by atoms with Crippen LogP contribution in [-0.4, -0.2) is 23.7 Å². The number of nitrogens with one attached hydrogen (secondary N) is 1. The van der Waals surface area contributed by atoms with Gasteiger partial charge < -0.3 is 10.4 Å². The summed E-state index contributed by atoms with van der Waals surface area (Å²) in [6.45, 7) is 4.58. The molecule has 1 aromatic carbocycles. The van der Waals surface area contributed by atoms with Crippen LogP contribution >= 0.6 is 0 Å². The number of aryl methyl sites for hydroxylation is 2. The van der Waals surface area contributed by atoms with Crippen LogP contribution in [0.1, 0.15) is 34.3 Å². The maximum Gasteiger partial charge on any atom is 0.251 e. The van der Waals surface area contributed by atoms with Gasteiger partial charge in [-0.2, -0.15) is 0 Å². The van der Waals surface area contributed by atoms with E-state index in [0.29, 0.717) is 12.5 Å². The second-order valence-corrected chi connectivity index (χ2v) is 4.97. The van der Waals surface area contributed by atoms with Crippen molar-refractivity contribution in [2.75, 3.05) is 6.54 Å². The number of amides is 1. The molecule has 3 nitrogen and oxygen atoms in total. The largest absolute Gasteiger partial charge is 0.393 e. The van der Waals surface area contributed by atoms with Gasteiger partial charge in [-0.25, -0.2) is 0 Å². The zero-order valence-electron chi connectivity index (χ0n) is 10.4. The Morgan fingerprint density at radius 2 is 1.94 bits per heavy atom. The molecule has 0 saturated heterocycles. The van der Waals surface area contributed by atoms with Crippen molar-refractivity contribution in [2.45, 2.75) is 32.8 Å². The lowest BCUT2D eigenvalue weighted by Crippen LogP contribution is -2.38. The Balaban J connectivity index is 1.95. The van der Waals surface area contributed by atoms with Gasteiger partial charge in [0.2, 0.25) is 0 Å². The zero-order valence-corrected chi connectivity index (χ0v) is 10.4. The Bertz CT molecular complexity index is 402. The van der Waals surface area contributed by atoms with Gasteiger partial charge in [0.1, 0.15) is 0 Å². The maximum absolute atomic E-state index is 12.0. The van der Waals surface area contributed by atoms with Gasteiger partial charge in [-0.15, -0.1) is 0 Å². The minimum Gasteiger partial charge on any atom is -0.393 e. The molecule has 0 aliphatic heterocycles. The molecule has 1 aliphatic carbocycles. The van der Waals surface area contributed by atoms with Gasteiger partial charge in [-0.3, -0.25) is 4.79 Å². The first-order valence-electron chi connectivity index (χ1n) is 6.10. The van der Waals surface area contributed by atoms with Crippen LogP contribution in [0.3, 0.4) is 0 Å². The molecule has 1 aliphatic rings. The number of carbonyl (C=O) groups is 1. The highest BCUT2D eigenvalue weighted by molar-refractivity contribution is 5.97. The monoisotopic (exact) mass is 233 g/mol. The molecule has 2 rings (SSSR count). The average Bonchev–Trinajstić information content (AvgIpc) is 2.22. The first kappa shape index (κ1) is 12.1. The van der Waals surface area contributed by atoms with Gasteiger partial charge in [0.25, 0.3) is 5.91 Å². The summed E-state index contributed by atoms with van der Waals surface area (Å²) in [7, 11) is 0. The summed E-state index contributed by atoms with van der Waals surface area (Å²) in [6, 6.07) is 5.87. The number of benzene rings is 1. The van der Waals surface area contributed by atoms with E-state index >= 15 is 0 Å². The van der Waals surface area contributed by atoms with E-state index in [9.17, 15) is 9.90 Å². The van der Waals surface area contributed by atoms with E-state index < -0.39 is 0 Å². The maximum atomic E-state index is 12.0. The van der Waals surface area contributed by atoms with Crippen molar-refractivity contribution in [3.63, 3.8) is 0 Å². The molecule has 0 bridgehead atoms. The van der Waals surface area contributed by atoms with E-state index in [1.54, 1.807) is 0 Å². The summed E-state index contributed by atoms with van der Waals surface area (Å²) < 4.78 is 0. The van der Waals surface area contributed by atoms with Crippen LogP contribution in [0, 0.1) is 19.8 Å². The molecule has 1 aromatic rings. The molecule has 2 N–H and O–H groups in total. The lowest BCUT2D eigenvalue weighted by molar-refractivity contribution is 0.0420. The van der Waals surface area contributed by atoms with Crippen molar-refractivity contribution < 1.29 is 9.90 Å². The van der Waals surface area contributed by atoms with E-state index in [-0.39, 0.29) is 12.0 Å². The topological polar surface area (TPSA) is 49.3 Å². The predicted molar refractivity (Wildman–Crippen MR) is 67.0 cm³/mol. The predicted octanol–water partition coefficient (Wildman–Crippen LogP) is 1.80. The van der Waals surface area contributed by atoms with Crippen molar-refractivity contribution in [1.82, 2.24) is 5.32 Å². The molecule has 17 heavy (non-hydrogen) atoms. The van der Waals surface area contributed by atoms with Crippen molar-refractivity contribution in [2.24, 2.45) is 5.92 Å². The smallest absolute Gasteiger partial charge is 0.251 e. The summed E-state index contributed by atoms with van der Waals surface area (Å²) >= 11 is 0. The van der Waals surface area contributed by atoms with Gasteiger partial charge in [-0.1, -0.05) is 18.2 Å². The van der Waals surface area contributed by atoms with E-state index in [4.69, 9.17) is 0 Å². The first-order valence-corrected chi connectivity index (χ1v) is 6.10. The molecule has 0 spiro atoms. The van der Waals surface area contributed by atoms with E-state index in [1.165, 1.54) is 0 Å². The van der Waals surface area contributed by atoms with Crippen molar-refractivity contribution in [3.05, 3.63) is 34.9 Å². The third-order valence-electron chi connectivity index (χ3n) is 3.47. The Hall–Kier alpha value is -1.35. The standard InChI is InChI=1S/C14H19NO2/c1-9-4-3-5-10(2)13(9)14(17)15-8-11-6-12(16)7-11/h3-5,11-12,16H,6-8H2,1-2H3,(H,15,17). The average molecular weight is 233 g/mol. The minimum atomic E-state index is -0.155. The third-order valence-corrected chi connectivity index (χ3v) is 3.47. The number of rotatable bonds is 3. The van der Waals surface area contributed by atoms with Crippen LogP contribution in [0.25, 0.3) is 0 Å². The molecule has 1 amide bonds. The highest BCUT2D eigenvalue weighted by atomic mass is 16.3. The second-order valence-electron chi connectivity index (χ2n) is 4.97. The fraction of sp³-hybridized carbons (Fsp3) is 0.500. The minimum absolute atomic E-state index is 0.00184. The molecular formula is C14H19NO2. The van der Waals surface area contributed by atoms with Gasteiger partial charge >= 0.3 is 0 Å². The van der Waals surface area contributed by atoms with Gasteiger partial charge in [0.05, 0.1) is 6.10 Å². The third kappa shape index (κ3) is 2.67. The van der Waals surface area contributed by atoms with Gasteiger partial charge in [0.15, 0.2) is 0 Å². The summed E-state index contributed by atoms with van der Waals surface area (Å²) in [6.07, 6.45) is 1.47. The van der Waals surface area contributed by atoms with Crippen LogP contribution in [0.5, 0.6) is 0 Å². The molecule has 0 radical (unpaired) electrons. The van der Waals surface area contributed by atoms with Gasteiger partial charge in [-0.05, 0) is 43.7 Å². The number of carbonyl (C=O) groups excluding carboxylic acids is 1. The van der Waals surface area contributed by atoms with Gasteiger partial charge in [0, 0.05) is 12.1 Å². The Morgan fingerprint density at radius 3 is 2.47 bits per heavy atom. The van der Waals surface area contributed by atoms with Crippen molar-refractivity contribution >= 4 is 5.91 Å². The number of aliphatic hydroxyl groups excluding tert-OH is 1. The zero-order chi connectivity index (χ0) is 12.4. The van der Waals surface area contributed by atoms with Crippen LogP contribution in [0.2, 0.25) is 0 Å². The molecule has 3 heteroatoms. The molecular weight excluding hydrogens is 214 g/mol. The fourth-order valence-corrected chi connectivity index (χ4v) is 2.37. The number of hydrogen-bond acceptors (Lipinski definition) is 2. The molecule has 1 fully saturated rings. The molecule has 0 aromatic heterocycles. The van der Waals surface area contributed by atoms with Crippen LogP contribution in [0.15, 0.2) is 18.2 Å². The van der Waals surface area contributed by atoms with E-state index in [2.05, 4.69) is 5.32 Å². The summed E-state index contributed by atoms with van der Waals surface area (Å²) in [5.74, 6) is 0.445. The number of hydrogen-bond donors (Lipinski definition) is 2. The summed E-state index contributed by atoms with van der Waals surface area (Å²) in [4.78, 5) is 12.0. The van der Waals surface area contributed by atoms with Crippen LogP contribution in [-0.2, 0) is 0 Å². The Kier molecular flexibility index (Phi) is 3.48. The lowest BCUT2D eigenvalue weighted by atomic mass is 9.82. The molecule has 1 saturated carbocycles. The summed E-state index contributed by atoms with van der Waals surface area (Å²) in [5, 5.41) is 12.1. The Labute approximate surface area is 102 Å². The van der Waals surface area contributed by atoms with Crippen LogP contribution < -0.4 is 5.32 Å². The van der Waals surface area contributed by atoms with E-state index in [1.807, 2.05) is 32.0 Å². The van der Waals surface area contributed by atoms with Crippen molar-refractivity contribution in [3.8, 4) is 0 Å². The Morgan fingerprint density at radius 1 is 1.35 bits per heavy atom.